The van der Waals surface area contributed by atoms with Gasteiger partial charge in [0.05, 0.1) is 44.5 Å². The van der Waals surface area contributed by atoms with E-state index in [4.69, 9.17) is 9.97 Å². The van der Waals surface area contributed by atoms with Crippen LogP contribution in [0.3, 0.4) is 0 Å². The van der Waals surface area contributed by atoms with Crippen LogP contribution in [0.25, 0.3) is 128 Å². The standard InChI is InChI=1S/C64H41N5/c1-4-19-43(20-5-1)62-61(42-35-37-47(38-36-42)67-55-31-14-10-27-49(55)50-28-11-15-32-56(50)67)63(44-21-6-2-7-22-44)66-64(65-62)45-23-18-26-48(39-45)69-58-34-17-13-30-52(58)54-40-53-51-29-12-16-33-57(51)68(59(53)41-60(54)69)46-24-8-3-9-25-46/h1-41H. The summed E-state index contributed by atoms with van der Waals surface area (Å²) in [6.07, 6.45) is 0. The molecule has 0 radical (unpaired) electrons. The van der Waals surface area contributed by atoms with Crippen LogP contribution in [0.2, 0.25) is 0 Å². The molecule has 10 aromatic carbocycles. The van der Waals surface area contributed by atoms with Crippen molar-refractivity contribution in [2.45, 2.75) is 0 Å². The lowest BCUT2D eigenvalue weighted by Crippen LogP contribution is -2.02. The van der Waals surface area contributed by atoms with Gasteiger partial charge in [-0.1, -0.05) is 176 Å². The summed E-state index contributed by atoms with van der Waals surface area (Å²) in [4.78, 5) is 11.1. The minimum absolute atomic E-state index is 0.660. The Balaban J connectivity index is 0.970. The van der Waals surface area contributed by atoms with E-state index < -0.39 is 0 Å². The molecule has 14 aromatic rings. The van der Waals surface area contributed by atoms with Crippen LogP contribution < -0.4 is 0 Å². The highest BCUT2D eigenvalue weighted by Gasteiger charge is 2.23. The van der Waals surface area contributed by atoms with Crippen molar-refractivity contribution in [3.05, 3.63) is 249 Å². The summed E-state index contributed by atoms with van der Waals surface area (Å²) < 4.78 is 7.16. The molecule has 4 aromatic heterocycles. The van der Waals surface area contributed by atoms with Gasteiger partial charge >= 0.3 is 0 Å². The molecule has 0 saturated heterocycles. The first-order valence-corrected chi connectivity index (χ1v) is 23.5. The van der Waals surface area contributed by atoms with Crippen LogP contribution in [0.5, 0.6) is 0 Å². The molecule has 0 aliphatic heterocycles. The number of nitrogens with zero attached hydrogens (tertiary/aromatic N) is 5. The molecular weight excluding hydrogens is 839 g/mol. The van der Waals surface area contributed by atoms with E-state index in [-0.39, 0.29) is 0 Å². The summed E-state index contributed by atoms with van der Waals surface area (Å²) in [7, 11) is 0. The minimum Gasteiger partial charge on any atom is -0.309 e. The van der Waals surface area contributed by atoms with E-state index in [1.807, 2.05) is 0 Å². The van der Waals surface area contributed by atoms with Gasteiger partial charge in [-0.2, -0.15) is 0 Å². The molecule has 0 atom stereocenters. The van der Waals surface area contributed by atoms with Crippen molar-refractivity contribution in [3.8, 4) is 62.1 Å². The van der Waals surface area contributed by atoms with E-state index in [0.29, 0.717) is 5.82 Å². The average molecular weight is 880 g/mol. The molecule has 322 valence electrons. The van der Waals surface area contributed by atoms with Gasteiger partial charge in [-0.3, -0.25) is 0 Å². The second-order valence-corrected chi connectivity index (χ2v) is 17.7. The Morgan fingerprint density at radius 1 is 0.232 bits per heavy atom. The first-order chi connectivity index (χ1) is 34.2. The molecule has 5 heteroatoms. The fourth-order valence-corrected chi connectivity index (χ4v) is 10.8. The maximum Gasteiger partial charge on any atom is 0.160 e. The lowest BCUT2D eigenvalue weighted by Gasteiger charge is -2.18. The molecule has 69 heavy (non-hydrogen) atoms. The Labute approximate surface area is 398 Å². The van der Waals surface area contributed by atoms with Crippen molar-refractivity contribution in [2.75, 3.05) is 0 Å². The molecule has 0 bridgehead atoms. The third-order valence-electron chi connectivity index (χ3n) is 13.8. The van der Waals surface area contributed by atoms with Crippen molar-refractivity contribution in [1.82, 2.24) is 23.7 Å². The fraction of sp³-hybridized carbons (Fsp3) is 0. The molecular formula is C64H41N5. The topological polar surface area (TPSA) is 40.6 Å². The number of para-hydroxylation sites is 5. The highest BCUT2D eigenvalue weighted by Crippen LogP contribution is 2.43. The number of hydrogen-bond donors (Lipinski definition) is 0. The van der Waals surface area contributed by atoms with Gasteiger partial charge in [0, 0.05) is 71.6 Å². The third kappa shape index (κ3) is 6.18. The largest absolute Gasteiger partial charge is 0.309 e. The van der Waals surface area contributed by atoms with E-state index in [9.17, 15) is 0 Å². The van der Waals surface area contributed by atoms with Crippen LogP contribution in [0.1, 0.15) is 0 Å². The second-order valence-electron chi connectivity index (χ2n) is 17.7. The van der Waals surface area contributed by atoms with Gasteiger partial charge in [-0.25, -0.2) is 9.97 Å². The number of rotatable bonds is 7. The first kappa shape index (κ1) is 38.9. The molecule has 0 aliphatic carbocycles. The Hall–Kier alpha value is -9.32. The normalized spacial score (nSPS) is 11.8. The van der Waals surface area contributed by atoms with Gasteiger partial charge in [0.15, 0.2) is 5.82 Å². The van der Waals surface area contributed by atoms with Gasteiger partial charge in [0.1, 0.15) is 0 Å². The zero-order valence-electron chi connectivity index (χ0n) is 37.4. The fourth-order valence-electron chi connectivity index (χ4n) is 10.8. The SMILES string of the molecule is c1ccc(-c2nc(-c3cccc(-n4c5ccccc5c5cc6c7ccccc7n(-c7ccccc7)c6cc54)c3)nc(-c3ccccc3)c2-c2ccc(-n3c4ccccc4c4ccccc43)cc2)cc1. The molecule has 0 unspecified atom stereocenters. The van der Waals surface area contributed by atoms with Crippen LogP contribution in [0.4, 0.5) is 0 Å². The van der Waals surface area contributed by atoms with Gasteiger partial charge in [0.2, 0.25) is 0 Å². The van der Waals surface area contributed by atoms with Crippen molar-refractivity contribution >= 4 is 65.4 Å². The molecule has 5 nitrogen and oxygen atoms in total. The number of fused-ring (bicyclic) bond motifs is 9. The Kier molecular flexibility index (Phi) is 8.83. The van der Waals surface area contributed by atoms with E-state index in [1.54, 1.807) is 0 Å². The summed E-state index contributed by atoms with van der Waals surface area (Å²) in [5, 5.41) is 7.37. The summed E-state index contributed by atoms with van der Waals surface area (Å²) in [6, 6.07) is 89.0. The maximum atomic E-state index is 5.56. The van der Waals surface area contributed by atoms with Crippen molar-refractivity contribution < 1.29 is 0 Å². The van der Waals surface area contributed by atoms with Gasteiger partial charge in [-0.05, 0) is 78.4 Å². The molecule has 4 heterocycles. The molecule has 0 amide bonds. The van der Waals surface area contributed by atoms with Crippen LogP contribution >= 0.6 is 0 Å². The minimum atomic E-state index is 0.660. The number of benzene rings is 10. The lowest BCUT2D eigenvalue weighted by molar-refractivity contribution is 1.15. The maximum absolute atomic E-state index is 5.56. The van der Waals surface area contributed by atoms with Crippen LogP contribution in [0.15, 0.2) is 249 Å². The van der Waals surface area contributed by atoms with E-state index in [2.05, 4.69) is 262 Å². The molecule has 0 aliphatic rings. The number of aromatic nitrogens is 5. The van der Waals surface area contributed by atoms with E-state index >= 15 is 0 Å². The van der Waals surface area contributed by atoms with Gasteiger partial charge in [0.25, 0.3) is 0 Å². The number of hydrogen-bond acceptors (Lipinski definition) is 2. The van der Waals surface area contributed by atoms with E-state index in [1.165, 1.54) is 48.9 Å². The van der Waals surface area contributed by atoms with Crippen molar-refractivity contribution in [3.63, 3.8) is 0 Å². The van der Waals surface area contributed by atoms with Gasteiger partial charge in [-0.15, -0.1) is 0 Å². The first-order valence-electron chi connectivity index (χ1n) is 23.5. The summed E-state index contributed by atoms with van der Waals surface area (Å²) in [5.74, 6) is 0.660. The highest BCUT2D eigenvalue weighted by molar-refractivity contribution is 6.19. The lowest BCUT2D eigenvalue weighted by atomic mass is 9.94. The summed E-state index contributed by atoms with van der Waals surface area (Å²) >= 11 is 0. The monoisotopic (exact) mass is 879 g/mol. The quantitative estimate of drug-likeness (QED) is 0.160. The molecule has 0 fully saturated rings. The predicted octanol–water partition coefficient (Wildman–Crippen LogP) is 16.4. The van der Waals surface area contributed by atoms with Crippen LogP contribution in [-0.4, -0.2) is 23.7 Å². The Bertz CT molecular complexity index is 4160. The summed E-state index contributed by atoms with van der Waals surface area (Å²) in [5.41, 5.74) is 17.0. The van der Waals surface area contributed by atoms with Gasteiger partial charge < -0.3 is 13.7 Å². The van der Waals surface area contributed by atoms with Crippen molar-refractivity contribution in [1.29, 1.82) is 0 Å². The smallest absolute Gasteiger partial charge is 0.160 e. The third-order valence-corrected chi connectivity index (χ3v) is 13.8. The Morgan fingerprint density at radius 2 is 0.609 bits per heavy atom. The molecule has 14 rings (SSSR count). The predicted molar refractivity (Wildman–Crippen MR) is 287 cm³/mol. The average Bonchev–Trinajstić information content (AvgIpc) is 4.06. The van der Waals surface area contributed by atoms with Crippen LogP contribution in [0, 0.1) is 0 Å². The zero-order chi connectivity index (χ0) is 45.4. The Morgan fingerprint density at radius 3 is 1.12 bits per heavy atom. The zero-order valence-corrected chi connectivity index (χ0v) is 37.4. The van der Waals surface area contributed by atoms with Crippen molar-refractivity contribution in [2.24, 2.45) is 0 Å². The molecule has 0 spiro atoms. The second kappa shape index (κ2) is 15.7. The highest BCUT2D eigenvalue weighted by atomic mass is 15.0. The molecule has 0 N–H and O–H groups in total. The van der Waals surface area contributed by atoms with E-state index in [0.717, 1.165) is 72.8 Å². The summed E-state index contributed by atoms with van der Waals surface area (Å²) in [6.45, 7) is 0. The van der Waals surface area contributed by atoms with Crippen LogP contribution in [-0.2, 0) is 0 Å². The molecule has 0 saturated carbocycles.